The Bertz CT molecular complexity index is 342. The van der Waals surface area contributed by atoms with E-state index in [9.17, 15) is 9.59 Å². The minimum atomic E-state index is -1.11. The van der Waals surface area contributed by atoms with Crippen LogP contribution in [0.3, 0.4) is 0 Å². The van der Waals surface area contributed by atoms with Crippen LogP contribution in [0.1, 0.15) is 29.5 Å². The second kappa shape index (κ2) is 4.45. The molecule has 5 nitrogen and oxygen atoms in total. The van der Waals surface area contributed by atoms with E-state index >= 15 is 0 Å². The van der Waals surface area contributed by atoms with Crippen molar-refractivity contribution in [2.24, 2.45) is 0 Å². The third-order valence-electron chi connectivity index (χ3n) is 1.68. The topological polar surface area (TPSA) is 79.5 Å². The Balaban J connectivity index is 2.52. The summed E-state index contributed by atoms with van der Waals surface area (Å²) in [5.41, 5.74) is 0.643. The number of amides is 1. The van der Waals surface area contributed by atoms with E-state index in [1.54, 1.807) is 6.92 Å². The lowest BCUT2D eigenvalue weighted by molar-refractivity contribution is -0.120. The largest absolute Gasteiger partial charge is 0.475 e. The minimum Gasteiger partial charge on any atom is -0.475 e. The molecule has 76 valence electrons. The third kappa shape index (κ3) is 2.62. The predicted molar refractivity (Wildman–Crippen MR) is 47.8 cm³/mol. The third-order valence-corrected chi connectivity index (χ3v) is 1.68. The Hall–Kier alpha value is -1.78. The van der Waals surface area contributed by atoms with Crippen molar-refractivity contribution in [1.82, 2.24) is 5.32 Å². The molecule has 0 aliphatic heterocycles. The molecule has 0 aliphatic carbocycles. The van der Waals surface area contributed by atoms with Crippen LogP contribution in [0.4, 0.5) is 0 Å². The van der Waals surface area contributed by atoms with E-state index in [4.69, 9.17) is 9.52 Å². The van der Waals surface area contributed by atoms with Gasteiger partial charge in [0.1, 0.15) is 0 Å². The molecule has 0 aliphatic rings. The second-order valence-corrected chi connectivity index (χ2v) is 2.75. The number of carboxylic acid groups (broad SMARTS) is 1. The molecule has 0 aromatic carbocycles. The average Bonchev–Trinajstić information content (AvgIpc) is 2.62. The highest BCUT2D eigenvalue weighted by atomic mass is 16.4. The van der Waals surface area contributed by atoms with Crippen molar-refractivity contribution < 1.29 is 19.1 Å². The first-order chi connectivity index (χ1) is 6.63. The summed E-state index contributed by atoms with van der Waals surface area (Å²) in [7, 11) is 0. The fourth-order valence-corrected chi connectivity index (χ4v) is 0.906. The molecule has 1 rings (SSSR count). The van der Waals surface area contributed by atoms with E-state index in [-0.39, 0.29) is 11.7 Å². The van der Waals surface area contributed by atoms with Crippen molar-refractivity contribution in [3.63, 3.8) is 0 Å². The van der Waals surface area contributed by atoms with E-state index in [2.05, 4.69) is 5.32 Å². The quantitative estimate of drug-likeness (QED) is 0.754. The lowest BCUT2D eigenvalue weighted by Gasteiger charge is -1.98. The van der Waals surface area contributed by atoms with E-state index in [1.807, 2.05) is 0 Å². The monoisotopic (exact) mass is 197 g/mol. The van der Waals surface area contributed by atoms with Gasteiger partial charge < -0.3 is 14.8 Å². The van der Waals surface area contributed by atoms with E-state index in [0.717, 1.165) is 0 Å². The van der Waals surface area contributed by atoms with E-state index in [1.165, 1.54) is 12.3 Å². The van der Waals surface area contributed by atoms with Gasteiger partial charge in [0.25, 0.3) is 0 Å². The van der Waals surface area contributed by atoms with Crippen LogP contribution >= 0.6 is 0 Å². The van der Waals surface area contributed by atoms with Crippen molar-refractivity contribution in [3.05, 3.63) is 23.7 Å². The predicted octanol–water partition coefficient (Wildman–Crippen LogP) is 1.00. The van der Waals surface area contributed by atoms with Crippen molar-refractivity contribution in [2.45, 2.75) is 19.9 Å². The zero-order chi connectivity index (χ0) is 10.6. The molecule has 0 spiro atoms. The molecular formula is C9H11NO4. The molecule has 1 aromatic rings. The van der Waals surface area contributed by atoms with Gasteiger partial charge in [-0.05, 0) is 6.07 Å². The highest BCUT2D eigenvalue weighted by Gasteiger charge is 2.08. The van der Waals surface area contributed by atoms with Gasteiger partial charge in [0.05, 0.1) is 6.26 Å². The number of carbonyl (C=O) groups excluding carboxylic acids is 1. The first-order valence-corrected chi connectivity index (χ1v) is 4.21. The summed E-state index contributed by atoms with van der Waals surface area (Å²) < 4.78 is 4.74. The van der Waals surface area contributed by atoms with Crippen LogP contribution in [0, 0.1) is 0 Å². The second-order valence-electron chi connectivity index (χ2n) is 2.75. The van der Waals surface area contributed by atoms with Crippen molar-refractivity contribution in [2.75, 3.05) is 0 Å². The number of furan rings is 1. The molecule has 1 amide bonds. The molecule has 0 fully saturated rings. The van der Waals surface area contributed by atoms with Crippen LogP contribution in [-0.4, -0.2) is 17.0 Å². The number of carboxylic acids is 1. The van der Waals surface area contributed by atoms with Gasteiger partial charge in [0.2, 0.25) is 11.7 Å². The van der Waals surface area contributed by atoms with Crippen LogP contribution in [0.25, 0.3) is 0 Å². The zero-order valence-corrected chi connectivity index (χ0v) is 7.74. The summed E-state index contributed by atoms with van der Waals surface area (Å²) >= 11 is 0. The first kappa shape index (κ1) is 10.3. The molecule has 0 radical (unpaired) electrons. The molecule has 0 unspecified atom stereocenters. The van der Waals surface area contributed by atoms with Crippen LogP contribution in [0.2, 0.25) is 0 Å². The Morgan fingerprint density at radius 3 is 2.79 bits per heavy atom. The van der Waals surface area contributed by atoms with Gasteiger partial charge >= 0.3 is 5.97 Å². The zero-order valence-electron chi connectivity index (χ0n) is 7.74. The van der Waals surface area contributed by atoms with Gasteiger partial charge in [-0.25, -0.2) is 4.79 Å². The van der Waals surface area contributed by atoms with Crippen LogP contribution in [0.15, 0.2) is 16.7 Å². The molecule has 0 saturated carbocycles. The molecule has 0 saturated heterocycles. The number of hydrogen-bond donors (Lipinski definition) is 2. The number of hydrogen-bond acceptors (Lipinski definition) is 3. The van der Waals surface area contributed by atoms with Gasteiger partial charge in [0, 0.05) is 18.5 Å². The molecule has 14 heavy (non-hydrogen) atoms. The van der Waals surface area contributed by atoms with Crippen LogP contribution in [-0.2, 0) is 11.3 Å². The van der Waals surface area contributed by atoms with Gasteiger partial charge in [0.15, 0.2) is 0 Å². The molecular weight excluding hydrogens is 186 g/mol. The molecule has 1 aromatic heterocycles. The van der Waals surface area contributed by atoms with Crippen molar-refractivity contribution in [1.29, 1.82) is 0 Å². The summed E-state index contributed by atoms with van der Waals surface area (Å²) in [4.78, 5) is 21.3. The lowest BCUT2D eigenvalue weighted by atomic mass is 10.3. The molecule has 0 bridgehead atoms. The lowest BCUT2D eigenvalue weighted by Crippen LogP contribution is -2.20. The highest BCUT2D eigenvalue weighted by molar-refractivity contribution is 5.84. The smallest absolute Gasteiger partial charge is 0.371 e. The van der Waals surface area contributed by atoms with Crippen molar-refractivity contribution >= 4 is 11.9 Å². The standard InChI is InChI=1S/C9H11NO4/c1-2-8(11)10-4-6-3-7(9(12)13)14-5-6/h3,5H,2,4H2,1H3,(H,10,11)(H,12,13). The highest BCUT2D eigenvalue weighted by Crippen LogP contribution is 2.07. The van der Waals surface area contributed by atoms with Gasteiger partial charge in [-0.1, -0.05) is 6.92 Å². The fourth-order valence-electron chi connectivity index (χ4n) is 0.906. The number of rotatable bonds is 4. The molecule has 0 atom stereocenters. The Morgan fingerprint density at radius 2 is 2.29 bits per heavy atom. The SMILES string of the molecule is CCC(=O)NCc1coc(C(=O)O)c1. The summed E-state index contributed by atoms with van der Waals surface area (Å²) in [5.74, 6) is -1.31. The maximum atomic E-state index is 10.9. The fraction of sp³-hybridized carbons (Fsp3) is 0.333. The normalized spacial score (nSPS) is 9.79. The van der Waals surface area contributed by atoms with Crippen LogP contribution < -0.4 is 5.32 Å². The Morgan fingerprint density at radius 1 is 1.57 bits per heavy atom. The maximum absolute atomic E-state index is 10.9. The van der Waals surface area contributed by atoms with Crippen LogP contribution in [0.5, 0.6) is 0 Å². The Labute approximate surface area is 80.7 Å². The maximum Gasteiger partial charge on any atom is 0.371 e. The summed E-state index contributed by atoms with van der Waals surface area (Å²) in [6.07, 6.45) is 1.73. The van der Waals surface area contributed by atoms with Gasteiger partial charge in [-0.3, -0.25) is 4.79 Å². The number of carbonyl (C=O) groups is 2. The number of nitrogens with one attached hydrogen (secondary N) is 1. The number of aromatic carboxylic acids is 1. The first-order valence-electron chi connectivity index (χ1n) is 4.21. The molecule has 5 heteroatoms. The minimum absolute atomic E-state index is 0.0805. The summed E-state index contributed by atoms with van der Waals surface area (Å²) in [6, 6.07) is 1.39. The Kier molecular flexibility index (Phi) is 3.28. The molecule has 1 heterocycles. The average molecular weight is 197 g/mol. The van der Waals surface area contributed by atoms with Gasteiger partial charge in [-0.15, -0.1) is 0 Å². The van der Waals surface area contributed by atoms with E-state index in [0.29, 0.717) is 18.5 Å². The van der Waals surface area contributed by atoms with Gasteiger partial charge in [-0.2, -0.15) is 0 Å². The summed E-state index contributed by atoms with van der Waals surface area (Å²) in [6.45, 7) is 2.04. The van der Waals surface area contributed by atoms with Crippen molar-refractivity contribution in [3.8, 4) is 0 Å². The summed E-state index contributed by atoms with van der Waals surface area (Å²) in [5, 5.41) is 11.1. The molecule has 2 N–H and O–H groups in total. The van der Waals surface area contributed by atoms with E-state index < -0.39 is 5.97 Å².